The second-order valence-electron chi connectivity index (χ2n) is 6.14. The standard InChI is InChI=1S/C22H19NO/c1-16-6-5-9-19-15-21(18-7-3-2-4-8-18)22(23(16)19)14-17-10-12-20(24)13-11-17/h2-13,15,24H,14H2,1H3. The molecule has 0 spiro atoms. The molecule has 0 amide bonds. The van der Waals surface area contributed by atoms with Gasteiger partial charge in [-0.1, -0.05) is 48.5 Å². The SMILES string of the molecule is Cc1cccc2cc(-c3ccccc3)c(Cc3ccc(O)cc3)n12. The van der Waals surface area contributed by atoms with E-state index in [1.165, 1.54) is 33.6 Å². The lowest BCUT2D eigenvalue weighted by Gasteiger charge is -2.10. The van der Waals surface area contributed by atoms with Crippen LogP contribution in [0.15, 0.2) is 78.9 Å². The van der Waals surface area contributed by atoms with E-state index in [9.17, 15) is 5.11 Å². The van der Waals surface area contributed by atoms with Crippen LogP contribution in [0.1, 0.15) is 17.0 Å². The van der Waals surface area contributed by atoms with Crippen LogP contribution in [0, 0.1) is 6.92 Å². The summed E-state index contributed by atoms with van der Waals surface area (Å²) >= 11 is 0. The van der Waals surface area contributed by atoms with Crippen molar-refractivity contribution in [2.45, 2.75) is 13.3 Å². The average molecular weight is 313 g/mol. The lowest BCUT2D eigenvalue weighted by atomic mass is 10.0. The van der Waals surface area contributed by atoms with Crippen LogP contribution < -0.4 is 0 Å². The zero-order valence-corrected chi connectivity index (χ0v) is 13.6. The third-order valence-corrected chi connectivity index (χ3v) is 4.48. The van der Waals surface area contributed by atoms with Crippen molar-refractivity contribution in [3.63, 3.8) is 0 Å². The molecule has 0 aliphatic heterocycles. The Morgan fingerprint density at radius 2 is 1.58 bits per heavy atom. The highest BCUT2D eigenvalue weighted by atomic mass is 16.3. The molecule has 0 unspecified atom stereocenters. The highest BCUT2D eigenvalue weighted by Gasteiger charge is 2.13. The number of fused-ring (bicyclic) bond motifs is 1. The monoisotopic (exact) mass is 313 g/mol. The molecule has 0 fully saturated rings. The zero-order chi connectivity index (χ0) is 16.5. The molecular weight excluding hydrogens is 294 g/mol. The minimum absolute atomic E-state index is 0.304. The van der Waals surface area contributed by atoms with Gasteiger partial charge in [0.1, 0.15) is 5.75 Å². The Bertz CT molecular complexity index is 982. The number of nitrogens with zero attached hydrogens (tertiary/aromatic N) is 1. The molecule has 1 N–H and O–H groups in total. The molecule has 0 saturated heterocycles. The summed E-state index contributed by atoms with van der Waals surface area (Å²) in [5.74, 6) is 0.304. The molecule has 24 heavy (non-hydrogen) atoms. The van der Waals surface area contributed by atoms with E-state index >= 15 is 0 Å². The zero-order valence-electron chi connectivity index (χ0n) is 13.6. The van der Waals surface area contributed by atoms with Crippen LogP contribution in [0.4, 0.5) is 0 Å². The molecule has 0 radical (unpaired) electrons. The van der Waals surface area contributed by atoms with Crippen LogP contribution in [0.2, 0.25) is 0 Å². The molecule has 0 aliphatic carbocycles. The number of hydrogen-bond acceptors (Lipinski definition) is 1. The molecule has 118 valence electrons. The molecule has 0 atom stereocenters. The van der Waals surface area contributed by atoms with Gasteiger partial charge in [0.2, 0.25) is 0 Å². The molecule has 2 nitrogen and oxygen atoms in total. The number of phenolic OH excluding ortho intramolecular Hbond substituents is 1. The number of aromatic hydroxyl groups is 1. The topological polar surface area (TPSA) is 24.6 Å². The van der Waals surface area contributed by atoms with Gasteiger partial charge < -0.3 is 9.51 Å². The summed E-state index contributed by atoms with van der Waals surface area (Å²) in [5, 5.41) is 9.53. The van der Waals surface area contributed by atoms with E-state index < -0.39 is 0 Å². The first-order valence-corrected chi connectivity index (χ1v) is 8.15. The molecular formula is C22H19NO. The van der Waals surface area contributed by atoms with Crippen molar-refractivity contribution in [3.8, 4) is 16.9 Å². The van der Waals surface area contributed by atoms with E-state index in [1.54, 1.807) is 12.1 Å². The van der Waals surface area contributed by atoms with Gasteiger partial charge in [0.25, 0.3) is 0 Å². The Morgan fingerprint density at radius 3 is 2.33 bits per heavy atom. The second kappa shape index (κ2) is 5.89. The van der Waals surface area contributed by atoms with Gasteiger partial charge in [-0.15, -0.1) is 0 Å². The maximum absolute atomic E-state index is 9.53. The van der Waals surface area contributed by atoms with Crippen LogP contribution in [-0.2, 0) is 6.42 Å². The van der Waals surface area contributed by atoms with Crippen LogP contribution in [0.5, 0.6) is 5.75 Å². The third kappa shape index (κ3) is 2.56. The van der Waals surface area contributed by atoms with Gasteiger partial charge >= 0.3 is 0 Å². The van der Waals surface area contributed by atoms with Crippen LogP contribution >= 0.6 is 0 Å². The minimum Gasteiger partial charge on any atom is -0.508 e. The summed E-state index contributed by atoms with van der Waals surface area (Å²) in [5.41, 5.74) is 7.40. The lowest BCUT2D eigenvalue weighted by Crippen LogP contribution is -1.99. The molecule has 0 aliphatic rings. The van der Waals surface area contributed by atoms with E-state index in [0.29, 0.717) is 5.75 Å². The maximum Gasteiger partial charge on any atom is 0.115 e. The van der Waals surface area contributed by atoms with E-state index in [2.05, 4.69) is 59.9 Å². The van der Waals surface area contributed by atoms with Crippen LogP contribution in [0.25, 0.3) is 16.6 Å². The molecule has 2 heteroatoms. The fraction of sp³-hybridized carbons (Fsp3) is 0.0909. The Balaban J connectivity index is 1.92. The Kier molecular flexibility index (Phi) is 3.58. The van der Waals surface area contributed by atoms with Crippen molar-refractivity contribution < 1.29 is 5.11 Å². The van der Waals surface area contributed by atoms with Crippen molar-refractivity contribution in [1.82, 2.24) is 4.40 Å². The average Bonchev–Trinajstić information content (AvgIpc) is 2.98. The normalized spacial score (nSPS) is 11.0. The van der Waals surface area contributed by atoms with Crippen molar-refractivity contribution in [2.75, 3.05) is 0 Å². The second-order valence-corrected chi connectivity index (χ2v) is 6.14. The summed E-state index contributed by atoms with van der Waals surface area (Å²) in [7, 11) is 0. The largest absolute Gasteiger partial charge is 0.508 e. The smallest absolute Gasteiger partial charge is 0.115 e. The van der Waals surface area contributed by atoms with Gasteiger partial charge in [0.05, 0.1) is 0 Å². The Hall–Kier alpha value is -3.00. The Labute approximate surface area is 141 Å². The number of aryl methyl sites for hydroxylation is 1. The van der Waals surface area contributed by atoms with Gasteiger partial charge in [-0.05, 0) is 48.4 Å². The first-order chi connectivity index (χ1) is 11.7. The number of phenols is 1. The molecule has 4 aromatic rings. The number of hydrogen-bond donors (Lipinski definition) is 1. The number of rotatable bonds is 3. The molecule has 4 rings (SSSR count). The fourth-order valence-corrected chi connectivity index (χ4v) is 3.32. The first kappa shape index (κ1) is 14.6. The van der Waals surface area contributed by atoms with E-state index in [1.807, 2.05) is 18.2 Å². The third-order valence-electron chi connectivity index (χ3n) is 4.48. The number of benzene rings is 2. The van der Waals surface area contributed by atoms with Crippen molar-refractivity contribution in [1.29, 1.82) is 0 Å². The minimum atomic E-state index is 0.304. The molecule has 2 heterocycles. The van der Waals surface area contributed by atoms with Gasteiger partial charge in [-0.2, -0.15) is 0 Å². The van der Waals surface area contributed by atoms with Crippen LogP contribution in [0.3, 0.4) is 0 Å². The predicted molar refractivity (Wildman–Crippen MR) is 98.5 cm³/mol. The number of aromatic nitrogens is 1. The van der Waals surface area contributed by atoms with Gasteiger partial charge in [0.15, 0.2) is 0 Å². The number of pyridine rings is 1. The summed E-state index contributed by atoms with van der Waals surface area (Å²) in [6, 6.07) is 26.6. The summed E-state index contributed by atoms with van der Waals surface area (Å²) in [6.45, 7) is 2.14. The van der Waals surface area contributed by atoms with Gasteiger partial charge in [0, 0.05) is 28.9 Å². The van der Waals surface area contributed by atoms with Crippen molar-refractivity contribution >= 4 is 5.52 Å². The maximum atomic E-state index is 9.53. The van der Waals surface area contributed by atoms with Crippen molar-refractivity contribution in [2.24, 2.45) is 0 Å². The predicted octanol–water partition coefficient (Wildman–Crippen LogP) is 5.21. The van der Waals surface area contributed by atoms with E-state index in [-0.39, 0.29) is 0 Å². The van der Waals surface area contributed by atoms with Crippen LogP contribution in [-0.4, -0.2) is 9.51 Å². The summed E-state index contributed by atoms with van der Waals surface area (Å²) in [6.07, 6.45) is 0.823. The van der Waals surface area contributed by atoms with Crippen molar-refractivity contribution in [3.05, 3.63) is 95.8 Å². The van der Waals surface area contributed by atoms with Gasteiger partial charge in [-0.3, -0.25) is 0 Å². The summed E-state index contributed by atoms with van der Waals surface area (Å²) < 4.78 is 2.33. The highest BCUT2D eigenvalue weighted by Crippen LogP contribution is 2.30. The molecule has 0 bridgehead atoms. The Morgan fingerprint density at radius 1 is 0.833 bits per heavy atom. The first-order valence-electron chi connectivity index (χ1n) is 8.15. The lowest BCUT2D eigenvalue weighted by molar-refractivity contribution is 0.475. The summed E-state index contributed by atoms with van der Waals surface area (Å²) in [4.78, 5) is 0. The highest BCUT2D eigenvalue weighted by molar-refractivity contribution is 5.74. The molecule has 0 saturated carbocycles. The quantitative estimate of drug-likeness (QED) is 0.551. The fourth-order valence-electron chi connectivity index (χ4n) is 3.32. The molecule has 2 aromatic carbocycles. The molecule has 2 aromatic heterocycles. The van der Waals surface area contributed by atoms with E-state index in [4.69, 9.17) is 0 Å². The van der Waals surface area contributed by atoms with Gasteiger partial charge in [-0.25, -0.2) is 0 Å². The van der Waals surface area contributed by atoms with E-state index in [0.717, 1.165) is 6.42 Å².